The summed E-state index contributed by atoms with van der Waals surface area (Å²) in [5, 5.41) is 0. The largest absolute Gasteiger partial charge is 0.363 e. The molecule has 16 heavy (non-hydrogen) atoms. The highest BCUT2D eigenvalue weighted by atomic mass is 19.1. The molecule has 2 heterocycles. The molecule has 0 amide bonds. The molecule has 2 aliphatic rings. The van der Waals surface area contributed by atoms with Crippen molar-refractivity contribution in [2.45, 2.75) is 31.1 Å². The van der Waals surface area contributed by atoms with Gasteiger partial charge >= 0.3 is 0 Å². The number of halogens is 1. The lowest BCUT2D eigenvalue weighted by molar-refractivity contribution is 0.243. The molecule has 1 aromatic carbocycles. The number of benzene rings is 1. The maximum absolute atomic E-state index is 12.8. The quantitative estimate of drug-likeness (QED) is 0.712. The van der Waals surface area contributed by atoms with Crippen molar-refractivity contribution >= 4 is 0 Å². The second kappa shape index (κ2) is 3.82. The minimum absolute atomic E-state index is 0.182. The minimum Gasteiger partial charge on any atom is -0.363 e. The first kappa shape index (κ1) is 10.2. The zero-order valence-electron chi connectivity index (χ0n) is 9.40. The van der Waals surface area contributed by atoms with E-state index in [1.807, 2.05) is 12.1 Å². The summed E-state index contributed by atoms with van der Waals surface area (Å²) in [6, 6.07) is 7.22. The number of ether oxygens (including phenoxy) is 1. The van der Waals surface area contributed by atoms with Gasteiger partial charge in [-0.2, -0.15) is 0 Å². The van der Waals surface area contributed by atoms with Crippen LogP contribution < -0.4 is 0 Å². The van der Waals surface area contributed by atoms with Gasteiger partial charge in [0.05, 0.1) is 0 Å². The Morgan fingerprint density at radius 2 is 2.06 bits per heavy atom. The van der Waals surface area contributed by atoms with Crippen molar-refractivity contribution in [1.29, 1.82) is 0 Å². The molecule has 2 aliphatic heterocycles. The Labute approximate surface area is 95.0 Å². The number of likely N-dealkylation sites (tertiary alicyclic amines) is 1. The Kier molecular flexibility index (Phi) is 2.45. The molecular weight excluding hydrogens is 205 g/mol. The van der Waals surface area contributed by atoms with E-state index in [1.54, 1.807) is 0 Å². The van der Waals surface area contributed by atoms with E-state index in [9.17, 15) is 4.39 Å². The van der Waals surface area contributed by atoms with Crippen molar-refractivity contribution in [3.8, 4) is 0 Å². The highest BCUT2D eigenvalue weighted by Crippen LogP contribution is 2.44. The van der Waals surface area contributed by atoms with Crippen LogP contribution in [0.3, 0.4) is 0 Å². The SMILES string of the molecule is CN1CCC[C@@H]1[C@H]1O[C@@H]1c1ccc(F)cc1. The van der Waals surface area contributed by atoms with Gasteiger partial charge in [0.15, 0.2) is 0 Å². The molecule has 3 rings (SSSR count). The first-order valence-electron chi connectivity index (χ1n) is 5.87. The van der Waals surface area contributed by atoms with E-state index in [-0.39, 0.29) is 11.9 Å². The second-order valence-electron chi connectivity index (χ2n) is 4.76. The average molecular weight is 221 g/mol. The van der Waals surface area contributed by atoms with Crippen molar-refractivity contribution in [1.82, 2.24) is 4.90 Å². The summed E-state index contributed by atoms with van der Waals surface area (Å²) in [7, 11) is 2.15. The molecule has 0 saturated carbocycles. The van der Waals surface area contributed by atoms with Crippen LogP contribution in [-0.2, 0) is 4.74 Å². The third-order valence-corrected chi connectivity index (χ3v) is 3.68. The molecule has 0 radical (unpaired) electrons. The summed E-state index contributed by atoms with van der Waals surface area (Å²) in [5.74, 6) is -0.182. The van der Waals surface area contributed by atoms with Crippen LogP contribution in [0.1, 0.15) is 24.5 Å². The van der Waals surface area contributed by atoms with Crippen LogP contribution in [0, 0.1) is 5.82 Å². The zero-order valence-corrected chi connectivity index (χ0v) is 9.40. The van der Waals surface area contributed by atoms with E-state index in [2.05, 4.69) is 11.9 Å². The molecule has 2 saturated heterocycles. The predicted molar refractivity (Wildman–Crippen MR) is 59.7 cm³/mol. The molecule has 2 fully saturated rings. The fourth-order valence-electron chi connectivity index (χ4n) is 2.69. The second-order valence-corrected chi connectivity index (χ2v) is 4.76. The first-order valence-corrected chi connectivity index (χ1v) is 5.87. The van der Waals surface area contributed by atoms with Crippen molar-refractivity contribution < 1.29 is 9.13 Å². The van der Waals surface area contributed by atoms with Crippen molar-refractivity contribution in [2.24, 2.45) is 0 Å². The molecule has 0 aliphatic carbocycles. The molecule has 3 atom stereocenters. The Hall–Kier alpha value is -0.930. The van der Waals surface area contributed by atoms with Crippen LogP contribution >= 0.6 is 0 Å². The maximum Gasteiger partial charge on any atom is 0.123 e. The molecule has 1 aromatic rings. The van der Waals surface area contributed by atoms with E-state index in [0.717, 1.165) is 5.56 Å². The van der Waals surface area contributed by atoms with E-state index in [0.29, 0.717) is 12.1 Å². The van der Waals surface area contributed by atoms with E-state index >= 15 is 0 Å². The number of hydrogen-bond donors (Lipinski definition) is 0. The van der Waals surface area contributed by atoms with Crippen LogP contribution in [0.15, 0.2) is 24.3 Å². The number of likely N-dealkylation sites (N-methyl/N-ethyl adjacent to an activating group) is 1. The van der Waals surface area contributed by atoms with Gasteiger partial charge in [-0.3, -0.25) is 0 Å². The Morgan fingerprint density at radius 3 is 2.69 bits per heavy atom. The smallest absolute Gasteiger partial charge is 0.123 e. The number of rotatable bonds is 2. The number of hydrogen-bond acceptors (Lipinski definition) is 2. The standard InChI is InChI=1S/C13H16FNO/c1-15-8-2-3-11(15)13-12(16-13)9-4-6-10(14)7-5-9/h4-7,11-13H,2-3,8H2,1H3/t11-,12-,13-/m1/s1. The van der Waals surface area contributed by atoms with Crippen LogP contribution in [0.4, 0.5) is 4.39 Å². The Balaban J connectivity index is 1.69. The molecule has 86 valence electrons. The van der Waals surface area contributed by atoms with E-state index in [4.69, 9.17) is 4.74 Å². The molecule has 0 N–H and O–H groups in total. The molecular formula is C13H16FNO. The van der Waals surface area contributed by atoms with Gasteiger partial charge in [-0.1, -0.05) is 12.1 Å². The minimum atomic E-state index is -0.182. The molecule has 0 bridgehead atoms. The molecule has 0 spiro atoms. The topological polar surface area (TPSA) is 15.8 Å². The van der Waals surface area contributed by atoms with E-state index < -0.39 is 0 Å². The normalized spacial score (nSPS) is 34.2. The number of nitrogens with zero attached hydrogens (tertiary/aromatic N) is 1. The lowest BCUT2D eigenvalue weighted by Crippen LogP contribution is -2.30. The summed E-state index contributed by atoms with van der Waals surface area (Å²) in [6.07, 6.45) is 2.99. The Morgan fingerprint density at radius 1 is 1.31 bits per heavy atom. The van der Waals surface area contributed by atoms with Crippen LogP contribution in [0.2, 0.25) is 0 Å². The van der Waals surface area contributed by atoms with E-state index in [1.165, 1.54) is 31.5 Å². The molecule has 3 heteroatoms. The predicted octanol–water partition coefficient (Wildman–Crippen LogP) is 2.36. The van der Waals surface area contributed by atoms with Gasteiger partial charge in [-0.05, 0) is 44.1 Å². The molecule has 0 aromatic heterocycles. The van der Waals surface area contributed by atoms with Crippen molar-refractivity contribution in [3.05, 3.63) is 35.6 Å². The van der Waals surface area contributed by atoms with Gasteiger partial charge in [0.2, 0.25) is 0 Å². The lowest BCUT2D eigenvalue weighted by Gasteiger charge is -2.16. The van der Waals surface area contributed by atoms with Crippen LogP contribution in [0.5, 0.6) is 0 Å². The van der Waals surface area contributed by atoms with Crippen LogP contribution in [-0.4, -0.2) is 30.6 Å². The molecule has 0 unspecified atom stereocenters. The highest BCUT2D eigenvalue weighted by molar-refractivity contribution is 5.24. The van der Waals surface area contributed by atoms with Crippen molar-refractivity contribution in [3.63, 3.8) is 0 Å². The zero-order chi connectivity index (χ0) is 11.1. The summed E-state index contributed by atoms with van der Waals surface area (Å²) in [4.78, 5) is 2.37. The fraction of sp³-hybridized carbons (Fsp3) is 0.538. The molecule has 2 nitrogen and oxygen atoms in total. The van der Waals surface area contributed by atoms with Gasteiger partial charge in [-0.15, -0.1) is 0 Å². The lowest BCUT2D eigenvalue weighted by atomic mass is 10.0. The highest BCUT2D eigenvalue weighted by Gasteiger charge is 2.48. The Bertz CT molecular complexity index is 378. The number of epoxide rings is 1. The van der Waals surface area contributed by atoms with Gasteiger partial charge in [-0.25, -0.2) is 4.39 Å². The average Bonchev–Trinajstić information content (AvgIpc) is 2.95. The maximum atomic E-state index is 12.8. The summed E-state index contributed by atoms with van der Waals surface area (Å²) >= 11 is 0. The third kappa shape index (κ3) is 1.74. The monoisotopic (exact) mass is 221 g/mol. The van der Waals surface area contributed by atoms with Gasteiger partial charge in [0.25, 0.3) is 0 Å². The van der Waals surface area contributed by atoms with Gasteiger partial charge < -0.3 is 9.64 Å². The first-order chi connectivity index (χ1) is 7.75. The van der Waals surface area contributed by atoms with Gasteiger partial charge in [0.1, 0.15) is 18.0 Å². The summed E-state index contributed by atoms with van der Waals surface area (Å²) in [6.45, 7) is 1.17. The van der Waals surface area contributed by atoms with Crippen LogP contribution in [0.25, 0.3) is 0 Å². The fourth-order valence-corrected chi connectivity index (χ4v) is 2.69. The summed E-state index contributed by atoms with van der Waals surface area (Å²) in [5.41, 5.74) is 1.10. The van der Waals surface area contributed by atoms with Crippen molar-refractivity contribution in [2.75, 3.05) is 13.6 Å². The van der Waals surface area contributed by atoms with Gasteiger partial charge in [0, 0.05) is 6.04 Å². The summed E-state index contributed by atoms with van der Waals surface area (Å²) < 4.78 is 18.5. The third-order valence-electron chi connectivity index (χ3n) is 3.68.